The predicted octanol–water partition coefficient (Wildman–Crippen LogP) is 3.72. The Morgan fingerprint density at radius 3 is 2.39 bits per heavy atom. The summed E-state index contributed by atoms with van der Waals surface area (Å²) in [7, 11) is -4.16. The van der Waals surface area contributed by atoms with Gasteiger partial charge in [-0.3, -0.25) is 14.5 Å². The van der Waals surface area contributed by atoms with Gasteiger partial charge in [-0.2, -0.15) is 0 Å². The first-order valence-electron chi connectivity index (χ1n) is 10.9. The Hall–Kier alpha value is -3.45. The molecule has 33 heavy (non-hydrogen) atoms. The van der Waals surface area contributed by atoms with Crippen LogP contribution in [-0.2, 0) is 37.3 Å². The van der Waals surface area contributed by atoms with Crippen LogP contribution in [0.3, 0.4) is 0 Å². The van der Waals surface area contributed by atoms with Crippen LogP contribution >= 0.6 is 0 Å². The summed E-state index contributed by atoms with van der Waals surface area (Å²) in [5.74, 6) is -1.91. The summed E-state index contributed by atoms with van der Waals surface area (Å²) in [6.07, 6.45) is 0.722. The Labute approximate surface area is 193 Å². The van der Waals surface area contributed by atoms with E-state index in [4.69, 9.17) is 0 Å². The molecule has 0 unspecified atom stereocenters. The number of hydrogen-bond donors (Lipinski definition) is 0. The molecule has 3 aromatic rings. The van der Waals surface area contributed by atoms with Crippen LogP contribution in [-0.4, -0.2) is 26.0 Å². The van der Waals surface area contributed by atoms with Gasteiger partial charge in [-0.1, -0.05) is 67.1 Å². The van der Waals surface area contributed by atoms with Gasteiger partial charge in [0.2, 0.25) is 5.91 Å². The van der Waals surface area contributed by atoms with Crippen LogP contribution in [0, 0.1) is 6.92 Å². The number of carbonyl (C=O) groups excluding carboxylic acids is 2. The van der Waals surface area contributed by atoms with Crippen molar-refractivity contribution in [3.8, 4) is 0 Å². The Bertz CT molecular complexity index is 1400. The number of carbonyl (C=O) groups is 2. The molecule has 2 aliphatic rings. The van der Waals surface area contributed by atoms with E-state index < -0.39 is 32.3 Å². The molecule has 168 valence electrons. The maximum atomic E-state index is 14.1. The van der Waals surface area contributed by atoms with Gasteiger partial charge in [0.25, 0.3) is 10.8 Å². The Morgan fingerprint density at radius 1 is 0.909 bits per heavy atom. The molecule has 3 aromatic carbocycles. The van der Waals surface area contributed by atoms with E-state index in [2.05, 4.69) is 0 Å². The van der Waals surface area contributed by atoms with Gasteiger partial charge < -0.3 is 4.90 Å². The second-order valence-electron chi connectivity index (χ2n) is 8.55. The highest BCUT2D eigenvalue weighted by Gasteiger charge is 2.69. The third-order valence-electron chi connectivity index (χ3n) is 6.42. The van der Waals surface area contributed by atoms with E-state index in [1.54, 1.807) is 42.5 Å². The van der Waals surface area contributed by atoms with E-state index in [9.17, 15) is 18.0 Å². The zero-order valence-corrected chi connectivity index (χ0v) is 19.3. The van der Waals surface area contributed by atoms with E-state index in [1.165, 1.54) is 9.80 Å². The number of aryl methyl sites for hydroxylation is 2. The van der Waals surface area contributed by atoms with Crippen molar-refractivity contribution in [2.45, 2.75) is 31.7 Å². The van der Waals surface area contributed by atoms with Crippen LogP contribution in [0.25, 0.3) is 0 Å². The van der Waals surface area contributed by atoms with E-state index in [-0.39, 0.29) is 6.54 Å². The van der Waals surface area contributed by atoms with Gasteiger partial charge in [-0.05, 0) is 42.7 Å². The lowest BCUT2D eigenvalue weighted by molar-refractivity contribution is -0.123. The van der Waals surface area contributed by atoms with Crippen LogP contribution in [0.4, 0.5) is 11.4 Å². The van der Waals surface area contributed by atoms with Crippen molar-refractivity contribution in [1.29, 1.82) is 0 Å². The minimum Gasteiger partial charge on any atom is -0.304 e. The third-order valence-corrected chi connectivity index (χ3v) is 8.53. The number of benzene rings is 3. The lowest BCUT2D eigenvalue weighted by atomic mass is 10.0. The zero-order chi connectivity index (χ0) is 23.4. The van der Waals surface area contributed by atoms with Gasteiger partial charge in [-0.15, -0.1) is 0 Å². The number of amides is 2. The molecule has 1 spiro atoms. The minimum absolute atomic E-state index is 0.214. The van der Waals surface area contributed by atoms with Gasteiger partial charge in [-0.25, -0.2) is 8.42 Å². The fraction of sp³-hybridized carbons (Fsp3) is 0.231. The smallest absolute Gasteiger partial charge is 0.274 e. The molecular weight excluding hydrogens is 436 g/mol. The maximum Gasteiger partial charge on any atom is 0.274 e. The van der Waals surface area contributed by atoms with Gasteiger partial charge >= 0.3 is 0 Å². The SMILES string of the molecule is CCc1cccc(N2C(=O)CS(=O)(=O)[C@@]23C(=O)N(Cc2cccc(C)c2)c2ccccc23)c1. The van der Waals surface area contributed by atoms with E-state index >= 15 is 0 Å². The lowest BCUT2D eigenvalue weighted by Crippen LogP contribution is -2.54. The fourth-order valence-electron chi connectivity index (χ4n) is 4.96. The van der Waals surface area contributed by atoms with E-state index in [0.29, 0.717) is 16.9 Å². The average Bonchev–Trinajstić information content (AvgIpc) is 3.16. The van der Waals surface area contributed by atoms with Gasteiger partial charge in [0.05, 0.1) is 12.2 Å². The molecule has 0 N–H and O–H groups in total. The topological polar surface area (TPSA) is 74.8 Å². The minimum atomic E-state index is -4.16. The van der Waals surface area contributed by atoms with Crippen molar-refractivity contribution in [2.75, 3.05) is 15.6 Å². The Balaban J connectivity index is 1.73. The van der Waals surface area contributed by atoms with Crippen LogP contribution in [0.5, 0.6) is 0 Å². The number of fused-ring (bicyclic) bond motifs is 2. The van der Waals surface area contributed by atoms with Crippen molar-refractivity contribution >= 4 is 33.0 Å². The molecule has 1 atom stereocenters. The summed E-state index contributed by atoms with van der Waals surface area (Å²) >= 11 is 0. The standard InChI is InChI=1S/C26H24N2O4S/c1-3-19-9-7-11-21(15-19)28-24(29)17-33(31,32)26(28)22-12-4-5-13-23(22)27(25(26)30)16-20-10-6-8-18(2)14-20/h4-15H,3,16-17H2,1-2H3/t26-/m0/s1. The second kappa shape index (κ2) is 7.56. The van der Waals surface area contributed by atoms with Crippen LogP contribution in [0.15, 0.2) is 72.8 Å². The molecule has 0 bridgehead atoms. The molecule has 0 saturated carbocycles. The Kier molecular flexibility index (Phi) is 4.90. The molecule has 2 aliphatic heterocycles. The van der Waals surface area contributed by atoms with Crippen LogP contribution in [0.2, 0.25) is 0 Å². The molecule has 5 rings (SSSR count). The van der Waals surface area contributed by atoms with Crippen molar-refractivity contribution in [3.63, 3.8) is 0 Å². The summed E-state index contributed by atoms with van der Waals surface area (Å²) in [4.78, 5) is 27.9. The number of sulfone groups is 1. The summed E-state index contributed by atoms with van der Waals surface area (Å²) in [6.45, 7) is 4.16. The quantitative estimate of drug-likeness (QED) is 0.595. The largest absolute Gasteiger partial charge is 0.304 e. The number of nitrogens with zero attached hydrogens (tertiary/aromatic N) is 2. The molecule has 1 fully saturated rings. The van der Waals surface area contributed by atoms with Crippen molar-refractivity contribution in [1.82, 2.24) is 0 Å². The van der Waals surface area contributed by atoms with Crippen LogP contribution < -0.4 is 9.80 Å². The van der Waals surface area contributed by atoms with Gasteiger partial charge in [0.15, 0.2) is 9.84 Å². The van der Waals surface area contributed by atoms with E-state index in [0.717, 1.165) is 23.1 Å². The lowest BCUT2D eigenvalue weighted by Gasteiger charge is -2.33. The summed E-state index contributed by atoms with van der Waals surface area (Å²) in [6, 6.07) is 21.8. The van der Waals surface area contributed by atoms with Gasteiger partial charge in [0, 0.05) is 11.3 Å². The number of para-hydroxylation sites is 1. The summed E-state index contributed by atoms with van der Waals surface area (Å²) < 4.78 is 27.3. The molecule has 1 saturated heterocycles. The first-order valence-corrected chi connectivity index (χ1v) is 12.6. The van der Waals surface area contributed by atoms with Crippen LogP contribution in [0.1, 0.15) is 29.2 Å². The highest BCUT2D eigenvalue weighted by atomic mass is 32.2. The molecule has 2 amide bonds. The molecular formula is C26H24N2O4S. The van der Waals surface area contributed by atoms with Crippen molar-refractivity contribution in [2.24, 2.45) is 0 Å². The molecule has 0 radical (unpaired) electrons. The molecule has 2 heterocycles. The molecule has 7 heteroatoms. The Morgan fingerprint density at radius 2 is 1.64 bits per heavy atom. The molecule has 0 aliphatic carbocycles. The number of anilines is 2. The van der Waals surface area contributed by atoms with E-state index in [1.807, 2.05) is 44.2 Å². The first kappa shape index (κ1) is 21.4. The first-order chi connectivity index (χ1) is 15.8. The highest BCUT2D eigenvalue weighted by molar-refractivity contribution is 7.94. The summed E-state index contributed by atoms with van der Waals surface area (Å²) in [5.41, 5.74) is 4.14. The third kappa shape index (κ3) is 3.03. The monoisotopic (exact) mass is 460 g/mol. The van der Waals surface area contributed by atoms with Gasteiger partial charge in [0.1, 0.15) is 5.75 Å². The average molecular weight is 461 g/mol. The highest BCUT2D eigenvalue weighted by Crippen LogP contribution is 2.52. The van der Waals surface area contributed by atoms with Crippen molar-refractivity contribution in [3.05, 3.63) is 95.1 Å². The predicted molar refractivity (Wildman–Crippen MR) is 128 cm³/mol. The summed E-state index contributed by atoms with van der Waals surface area (Å²) in [5, 5.41) is 0. The fourth-order valence-corrected chi connectivity index (χ4v) is 6.99. The molecule has 0 aromatic heterocycles. The van der Waals surface area contributed by atoms with Crippen molar-refractivity contribution < 1.29 is 18.0 Å². The zero-order valence-electron chi connectivity index (χ0n) is 18.5. The maximum absolute atomic E-state index is 14.1. The number of hydrogen-bond acceptors (Lipinski definition) is 4. The molecule has 6 nitrogen and oxygen atoms in total. The second-order valence-corrected chi connectivity index (χ2v) is 10.7. The number of rotatable bonds is 4. The normalized spacial score (nSPS) is 21.2.